The molecular weight excluding hydrogens is 224 g/mol. The number of hydrogen-bond donors (Lipinski definition) is 2. The van der Waals surface area contributed by atoms with Gasteiger partial charge in [-0.25, -0.2) is 0 Å². The molecule has 18 heavy (non-hydrogen) atoms. The van der Waals surface area contributed by atoms with E-state index in [0.29, 0.717) is 6.54 Å². The number of aliphatic hydroxyl groups is 1. The molecule has 1 aromatic heterocycles. The third-order valence-electron chi connectivity index (χ3n) is 3.11. The van der Waals surface area contributed by atoms with Crippen LogP contribution in [0.4, 0.5) is 0 Å². The smallest absolute Gasteiger partial charge is 0.0715 e. The molecule has 0 aliphatic heterocycles. The van der Waals surface area contributed by atoms with Crippen LogP contribution in [-0.2, 0) is 13.5 Å². The molecule has 0 amide bonds. The molecule has 0 atom stereocenters. The highest BCUT2D eigenvalue weighted by Gasteiger charge is 2.11. The lowest BCUT2D eigenvalue weighted by Crippen LogP contribution is -2.35. The maximum absolute atomic E-state index is 9.62. The first-order chi connectivity index (χ1) is 8.47. The molecule has 0 spiro atoms. The standard InChI is InChI=1S/C15H22N2O/c1-15(2,18)11-16-9-8-12-10-17(3)14-7-5-4-6-13(12)14/h4-7,10,16,18H,8-9,11H2,1-3H3. The number of aromatic nitrogens is 1. The molecule has 0 fully saturated rings. The van der Waals surface area contributed by atoms with Gasteiger partial charge in [0.25, 0.3) is 0 Å². The van der Waals surface area contributed by atoms with Gasteiger partial charge < -0.3 is 15.0 Å². The lowest BCUT2D eigenvalue weighted by Gasteiger charge is -2.17. The largest absolute Gasteiger partial charge is 0.389 e. The lowest BCUT2D eigenvalue weighted by atomic mass is 10.1. The van der Waals surface area contributed by atoms with Crippen molar-refractivity contribution in [2.24, 2.45) is 7.05 Å². The molecule has 0 aliphatic rings. The van der Waals surface area contributed by atoms with Crippen molar-refractivity contribution >= 4 is 10.9 Å². The molecule has 1 aromatic carbocycles. The van der Waals surface area contributed by atoms with Crippen LogP contribution in [0.15, 0.2) is 30.5 Å². The summed E-state index contributed by atoms with van der Waals surface area (Å²) in [5, 5.41) is 14.2. The minimum Gasteiger partial charge on any atom is -0.389 e. The summed E-state index contributed by atoms with van der Waals surface area (Å²) in [4.78, 5) is 0. The first kappa shape index (κ1) is 13.1. The van der Waals surface area contributed by atoms with E-state index in [-0.39, 0.29) is 0 Å². The predicted octanol–water partition coefficient (Wildman–Crippen LogP) is 2.08. The molecule has 0 saturated heterocycles. The molecule has 0 bridgehead atoms. The van der Waals surface area contributed by atoms with Crippen molar-refractivity contribution < 1.29 is 5.11 Å². The summed E-state index contributed by atoms with van der Waals surface area (Å²) in [6, 6.07) is 8.46. The van der Waals surface area contributed by atoms with Gasteiger partial charge in [-0.05, 0) is 38.4 Å². The van der Waals surface area contributed by atoms with E-state index in [1.165, 1.54) is 16.5 Å². The summed E-state index contributed by atoms with van der Waals surface area (Å²) in [5.74, 6) is 0. The zero-order chi connectivity index (χ0) is 13.2. The van der Waals surface area contributed by atoms with Crippen molar-refractivity contribution in [1.29, 1.82) is 0 Å². The summed E-state index contributed by atoms with van der Waals surface area (Å²) in [5.41, 5.74) is 1.99. The third-order valence-corrected chi connectivity index (χ3v) is 3.11. The Labute approximate surface area is 108 Å². The topological polar surface area (TPSA) is 37.2 Å². The van der Waals surface area contributed by atoms with Crippen molar-refractivity contribution in [2.45, 2.75) is 25.9 Å². The fourth-order valence-corrected chi connectivity index (χ4v) is 2.24. The van der Waals surface area contributed by atoms with E-state index in [4.69, 9.17) is 0 Å². The Kier molecular flexibility index (Phi) is 3.73. The summed E-state index contributed by atoms with van der Waals surface area (Å²) in [6.07, 6.45) is 3.17. The first-order valence-electron chi connectivity index (χ1n) is 6.43. The zero-order valence-corrected chi connectivity index (χ0v) is 11.4. The Hall–Kier alpha value is -1.32. The molecule has 0 radical (unpaired) electrons. The Balaban J connectivity index is 2.00. The fraction of sp³-hybridized carbons (Fsp3) is 0.467. The van der Waals surface area contributed by atoms with Gasteiger partial charge in [-0.3, -0.25) is 0 Å². The Bertz CT molecular complexity index is 523. The molecule has 1 heterocycles. The molecule has 3 heteroatoms. The minimum absolute atomic E-state index is 0.623. The second-order valence-corrected chi connectivity index (χ2v) is 5.52. The van der Waals surface area contributed by atoms with Crippen LogP contribution in [0.3, 0.4) is 0 Å². The van der Waals surface area contributed by atoms with E-state index in [2.05, 4.69) is 47.4 Å². The van der Waals surface area contributed by atoms with Crippen molar-refractivity contribution in [3.05, 3.63) is 36.0 Å². The maximum atomic E-state index is 9.62. The molecule has 0 aliphatic carbocycles. The molecule has 0 unspecified atom stereocenters. The molecular formula is C15H22N2O. The van der Waals surface area contributed by atoms with E-state index >= 15 is 0 Å². The molecule has 2 aromatic rings. The number of rotatable bonds is 5. The van der Waals surface area contributed by atoms with Crippen LogP contribution in [0.1, 0.15) is 19.4 Å². The van der Waals surface area contributed by atoms with Crippen LogP contribution in [0, 0.1) is 0 Å². The van der Waals surface area contributed by atoms with Gasteiger partial charge in [-0.1, -0.05) is 18.2 Å². The van der Waals surface area contributed by atoms with Gasteiger partial charge in [0.2, 0.25) is 0 Å². The van der Waals surface area contributed by atoms with Gasteiger partial charge in [-0.2, -0.15) is 0 Å². The van der Waals surface area contributed by atoms with E-state index in [1.807, 2.05) is 13.8 Å². The van der Waals surface area contributed by atoms with Crippen LogP contribution in [0.2, 0.25) is 0 Å². The summed E-state index contributed by atoms with van der Waals surface area (Å²) < 4.78 is 2.17. The monoisotopic (exact) mass is 246 g/mol. The number of fused-ring (bicyclic) bond motifs is 1. The van der Waals surface area contributed by atoms with Crippen LogP contribution >= 0.6 is 0 Å². The van der Waals surface area contributed by atoms with Crippen LogP contribution in [0.5, 0.6) is 0 Å². The van der Waals surface area contributed by atoms with Crippen molar-refractivity contribution in [2.75, 3.05) is 13.1 Å². The average Bonchev–Trinajstić information content (AvgIpc) is 2.62. The predicted molar refractivity (Wildman–Crippen MR) is 75.8 cm³/mol. The molecule has 2 N–H and O–H groups in total. The van der Waals surface area contributed by atoms with Crippen LogP contribution in [-0.4, -0.2) is 28.4 Å². The van der Waals surface area contributed by atoms with Gasteiger partial charge >= 0.3 is 0 Å². The lowest BCUT2D eigenvalue weighted by molar-refractivity contribution is 0.0801. The second-order valence-electron chi connectivity index (χ2n) is 5.52. The maximum Gasteiger partial charge on any atom is 0.0715 e. The normalized spacial score (nSPS) is 12.2. The quantitative estimate of drug-likeness (QED) is 0.793. The minimum atomic E-state index is -0.640. The van der Waals surface area contributed by atoms with E-state index < -0.39 is 5.60 Å². The second kappa shape index (κ2) is 5.12. The number of benzene rings is 1. The van der Waals surface area contributed by atoms with Crippen LogP contribution in [0.25, 0.3) is 10.9 Å². The molecule has 98 valence electrons. The Morgan fingerprint density at radius 2 is 2.00 bits per heavy atom. The van der Waals surface area contributed by atoms with Gasteiger partial charge in [0.05, 0.1) is 5.60 Å². The Morgan fingerprint density at radius 3 is 2.72 bits per heavy atom. The van der Waals surface area contributed by atoms with Gasteiger partial charge in [-0.15, -0.1) is 0 Å². The van der Waals surface area contributed by atoms with E-state index in [0.717, 1.165) is 13.0 Å². The van der Waals surface area contributed by atoms with E-state index in [9.17, 15) is 5.11 Å². The summed E-state index contributed by atoms with van der Waals surface area (Å²) in [7, 11) is 2.08. The van der Waals surface area contributed by atoms with Crippen molar-refractivity contribution in [3.63, 3.8) is 0 Å². The number of nitrogens with one attached hydrogen (secondary N) is 1. The van der Waals surface area contributed by atoms with Crippen molar-refractivity contribution in [3.8, 4) is 0 Å². The fourth-order valence-electron chi connectivity index (χ4n) is 2.24. The Morgan fingerprint density at radius 1 is 1.28 bits per heavy atom. The number of para-hydroxylation sites is 1. The summed E-state index contributed by atoms with van der Waals surface area (Å²) >= 11 is 0. The van der Waals surface area contributed by atoms with Gasteiger partial charge in [0.1, 0.15) is 0 Å². The third kappa shape index (κ3) is 3.12. The van der Waals surface area contributed by atoms with E-state index in [1.54, 1.807) is 0 Å². The average molecular weight is 246 g/mol. The van der Waals surface area contributed by atoms with Gasteiger partial charge in [0.15, 0.2) is 0 Å². The number of aryl methyl sites for hydroxylation is 1. The molecule has 0 saturated carbocycles. The van der Waals surface area contributed by atoms with Crippen LogP contribution < -0.4 is 5.32 Å². The number of hydrogen-bond acceptors (Lipinski definition) is 2. The van der Waals surface area contributed by atoms with Gasteiger partial charge in [0, 0.05) is 30.7 Å². The highest BCUT2D eigenvalue weighted by atomic mass is 16.3. The highest BCUT2D eigenvalue weighted by Crippen LogP contribution is 2.20. The first-order valence-corrected chi connectivity index (χ1v) is 6.43. The van der Waals surface area contributed by atoms with Crippen molar-refractivity contribution in [1.82, 2.24) is 9.88 Å². The number of nitrogens with zero attached hydrogens (tertiary/aromatic N) is 1. The zero-order valence-electron chi connectivity index (χ0n) is 11.4. The molecule has 3 nitrogen and oxygen atoms in total. The molecule has 2 rings (SSSR count). The summed E-state index contributed by atoms with van der Waals surface area (Å²) in [6.45, 7) is 5.14. The SMILES string of the molecule is Cn1cc(CCNCC(C)(C)O)c2ccccc21. The highest BCUT2D eigenvalue weighted by molar-refractivity contribution is 5.83.